The fraction of sp³-hybridized carbons (Fsp3) is 0.250. The van der Waals surface area contributed by atoms with E-state index < -0.39 is 0 Å². The second kappa shape index (κ2) is 7.67. The van der Waals surface area contributed by atoms with Crippen molar-refractivity contribution < 1.29 is 4.39 Å². The van der Waals surface area contributed by atoms with E-state index in [9.17, 15) is 4.39 Å². The maximum atomic E-state index is 13.1. The number of anilines is 3. The molecule has 0 spiro atoms. The van der Waals surface area contributed by atoms with Gasteiger partial charge in [-0.3, -0.25) is 4.90 Å². The maximum absolute atomic E-state index is 13.1. The number of rotatable bonds is 5. The predicted molar refractivity (Wildman–Crippen MR) is 103 cm³/mol. The van der Waals surface area contributed by atoms with Crippen molar-refractivity contribution in [2.75, 3.05) is 17.6 Å². The summed E-state index contributed by atoms with van der Waals surface area (Å²) in [5.74, 6) is 0.854. The molecule has 4 rings (SSSR count). The quantitative estimate of drug-likeness (QED) is 0.719. The molecule has 2 aromatic carbocycles. The molecule has 1 atom stereocenters. The highest BCUT2D eigenvalue weighted by atomic mass is 19.1. The topological polar surface area (TPSA) is 80.0 Å². The van der Waals surface area contributed by atoms with Crippen LogP contribution in [0.2, 0.25) is 0 Å². The van der Waals surface area contributed by atoms with E-state index in [-0.39, 0.29) is 11.8 Å². The van der Waals surface area contributed by atoms with Crippen LogP contribution in [0.3, 0.4) is 0 Å². The number of aromatic nitrogens is 3. The van der Waals surface area contributed by atoms with Crippen molar-refractivity contribution >= 4 is 17.6 Å². The van der Waals surface area contributed by atoms with Gasteiger partial charge in [0, 0.05) is 11.7 Å². The Balaban J connectivity index is 1.52. The molecule has 0 unspecified atom stereocenters. The molecular formula is C20H21FN6. The number of nitrogens with one attached hydrogen (secondary N) is 1. The molecule has 0 bridgehead atoms. The molecule has 1 saturated heterocycles. The number of halogens is 1. The van der Waals surface area contributed by atoms with E-state index in [4.69, 9.17) is 5.73 Å². The van der Waals surface area contributed by atoms with Gasteiger partial charge in [0.05, 0.1) is 6.54 Å². The zero-order valence-electron chi connectivity index (χ0n) is 14.8. The molecular weight excluding hydrogens is 343 g/mol. The lowest BCUT2D eigenvalue weighted by Crippen LogP contribution is -2.24. The summed E-state index contributed by atoms with van der Waals surface area (Å²) in [4.78, 5) is 15.3. The highest BCUT2D eigenvalue weighted by Crippen LogP contribution is 2.32. The highest BCUT2D eigenvalue weighted by Gasteiger charge is 2.26. The van der Waals surface area contributed by atoms with Crippen molar-refractivity contribution in [3.05, 3.63) is 71.8 Å². The minimum Gasteiger partial charge on any atom is -0.368 e. The van der Waals surface area contributed by atoms with E-state index in [1.165, 1.54) is 17.7 Å². The lowest BCUT2D eigenvalue weighted by molar-refractivity contribution is 0.242. The molecule has 7 heteroatoms. The lowest BCUT2D eigenvalue weighted by Gasteiger charge is -2.24. The summed E-state index contributed by atoms with van der Waals surface area (Å²) in [5, 5.41) is 3.05. The molecule has 6 nitrogen and oxygen atoms in total. The average molecular weight is 364 g/mol. The molecule has 1 aromatic heterocycles. The Morgan fingerprint density at radius 2 is 1.81 bits per heavy atom. The normalized spacial score (nSPS) is 17.1. The predicted octanol–water partition coefficient (Wildman–Crippen LogP) is 3.67. The number of nitrogens with two attached hydrogens (primary N) is 1. The average Bonchev–Trinajstić information content (AvgIpc) is 3.12. The molecule has 27 heavy (non-hydrogen) atoms. The monoisotopic (exact) mass is 364 g/mol. The summed E-state index contributed by atoms with van der Waals surface area (Å²) in [5.41, 5.74) is 7.87. The van der Waals surface area contributed by atoms with Crippen LogP contribution in [0.5, 0.6) is 0 Å². The number of hydrogen-bond donors (Lipinski definition) is 2. The Bertz CT molecular complexity index is 900. The van der Waals surface area contributed by atoms with Gasteiger partial charge in [0.25, 0.3) is 0 Å². The summed E-state index contributed by atoms with van der Waals surface area (Å²) in [6.45, 7) is 1.59. The molecule has 2 heterocycles. The molecule has 138 valence electrons. The van der Waals surface area contributed by atoms with Crippen LogP contribution < -0.4 is 11.1 Å². The standard InChI is InChI=1S/C20H21FN6/c21-15-8-10-16(11-9-15)23-20-25-18(24-19(22)26-20)13-27-12-4-7-17(27)14-5-2-1-3-6-14/h1-3,5-6,8-11,17H,4,7,12-13H2,(H3,22,23,24,25,26)/t17-/m1/s1. The molecule has 1 fully saturated rings. The molecule has 0 amide bonds. The molecule has 3 N–H and O–H groups in total. The van der Waals surface area contributed by atoms with E-state index in [1.54, 1.807) is 12.1 Å². The van der Waals surface area contributed by atoms with E-state index in [1.807, 2.05) is 6.07 Å². The minimum absolute atomic E-state index is 0.167. The van der Waals surface area contributed by atoms with Crippen LogP contribution in [-0.4, -0.2) is 26.4 Å². The Hall–Kier alpha value is -3.06. The van der Waals surface area contributed by atoms with Gasteiger partial charge in [-0.25, -0.2) is 4.39 Å². The molecule has 0 saturated carbocycles. The maximum Gasteiger partial charge on any atom is 0.232 e. The molecule has 3 aromatic rings. The van der Waals surface area contributed by atoms with Crippen LogP contribution in [0.15, 0.2) is 54.6 Å². The van der Waals surface area contributed by atoms with Gasteiger partial charge in [0.15, 0.2) is 0 Å². The van der Waals surface area contributed by atoms with Crippen LogP contribution in [0.1, 0.15) is 30.3 Å². The Labute approximate surface area is 157 Å². The smallest absolute Gasteiger partial charge is 0.232 e. The van der Waals surface area contributed by atoms with Crippen molar-refractivity contribution in [2.24, 2.45) is 0 Å². The lowest BCUT2D eigenvalue weighted by atomic mass is 10.0. The first kappa shape index (κ1) is 17.4. The number of benzene rings is 2. The number of nitrogens with zero attached hydrogens (tertiary/aromatic N) is 4. The van der Waals surface area contributed by atoms with Crippen molar-refractivity contribution in [2.45, 2.75) is 25.4 Å². The Morgan fingerprint density at radius 3 is 2.59 bits per heavy atom. The van der Waals surface area contributed by atoms with Gasteiger partial charge in [0.2, 0.25) is 11.9 Å². The third-order valence-electron chi connectivity index (χ3n) is 4.69. The van der Waals surface area contributed by atoms with Crippen molar-refractivity contribution in [3.63, 3.8) is 0 Å². The first-order chi connectivity index (χ1) is 13.2. The van der Waals surface area contributed by atoms with Gasteiger partial charge in [-0.2, -0.15) is 15.0 Å². The Morgan fingerprint density at radius 1 is 1.04 bits per heavy atom. The molecule has 0 aliphatic carbocycles. The third kappa shape index (κ3) is 4.20. The molecule has 0 radical (unpaired) electrons. The van der Waals surface area contributed by atoms with Gasteiger partial charge >= 0.3 is 0 Å². The van der Waals surface area contributed by atoms with E-state index in [2.05, 4.69) is 49.4 Å². The van der Waals surface area contributed by atoms with Gasteiger partial charge in [-0.1, -0.05) is 30.3 Å². The SMILES string of the molecule is Nc1nc(CN2CCC[C@@H]2c2ccccc2)nc(Nc2ccc(F)cc2)n1. The second-order valence-electron chi connectivity index (χ2n) is 6.60. The summed E-state index contributed by atoms with van der Waals surface area (Å²) in [6, 6.07) is 16.8. The van der Waals surface area contributed by atoms with Gasteiger partial charge in [0.1, 0.15) is 11.6 Å². The Kier molecular flexibility index (Phi) is 4.93. The number of likely N-dealkylation sites (tertiary alicyclic amines) is 1. The van der Waals surface area contributed by atoms with Crippen molar-refractivity contribution in [1.29, 1.82) is 0 Å². The number of hydrogen-bond acceptors (Lipinski definition) is 6. The van der Waals surface area contributed by atoms with Crippen molar-refractivity contribution in [3.8, 4) is 0 Å². The van der Waals surface area contributed by atoms with E-state index >= 15 is 0 Å². The molecule has 1 aliphatic rings. The summed E-state index contributed by atoms with van der Waals surface area (Å²) in [6.07, 6.45) is 2.26. The molecule has 1 aliphatic heterocycles. The van der Waals surface area contributed by atoms with Crippen LogP contribution in [-0.2, 0) is 6.54 Å². The van der Waals surface area contributed by atoms with Crippen molar-refractivity contribution in [1.82, 2.24) is 19.9 Å². The fourth-order valence-corrected chi connectivity index (χ4v) is 3.48. The van der Waals surface area contributed by atoms with Crippen LogP contribution in [0, 0.1) is 5.82 Å². The van der Waals surface area contributed by atoms with Gasteiger partial charge in [-0.05, 0) is 49.2 Å². The highest BCUT2D eigenvalue weighted by molar-refractivity contribution is 5.53. The van der Waals surface area contributed by atoms with E-state index in [0.717, 1.165) is 19.4 Å². The van der Waals surface area contributed by atoms with Gasteiger partial charge < -0.3 is 11.1 Å². The first-order valence-electron chi connectivity index (χ1n) is 8.99. The summed E-state index contributed by atoms with van der Waals surface area (Å²) in [7, 11) is 0. The largest absolute Gasteiger partial charge is 0.368 e. The number of nitrogen functional groups attached to an aromatic ring is 1. The minimum atomic E-state index is -0.294. The first-order valence-corrected chi connectivity index (χ1v) is 8.99. The van der Waals surface area contributed by atoms with Crippen LogP contribution in [0.25, 0.3) is 0 Å². The zero-order chi connectivity index (χ0) is 18.6. The van der Waals surface area contributed by atoms with Crippen LogP contribution >= 0.6 is 0 Å². The van der Waals surface area contributed by atoms with E-state index in [0.29, 0.717) is 30.0 Å². The van der Waals surface area contributed by atoms with Crippen LogP contribution in [0.4, 0.5) is 22.0 Å². The summed E-state index contributed by atoms with van der Waals surface area (Å²) < 4.78 is 13.1. The summed E-state index contributed by atoms with van der Waals surface area (Å²) >= 11 is 0. The fourth-order valence-electron chi connectivity index (χ4n) is 3.48. The second-order valence-corrected chi connectivity index (χ2v) is 6.60. The third-order valence-corrected chi connectivity index (χ3v) is 4.69. The zero-order valence-corrected chi connectivity index (χ0v) is 14.8. The van der Waals surface area contributed by atoms with Gasteiger partial charge in [-0.15, -0.1) is 0 Å².